The fourth-order valence-electron chi connectivity index (χ4n) is 2.13. The van der Waals surface area contributed by atoms with E-state index in [0.29, 0.717) is 26.1 Å². The second kappa shape index (κ2) is 4.89. The summed E-state index contributed by atoms with van der Waals surface area (Å²) in [6.45, 7) is 1.21. The van der Waals surface area contributed by atoms with Crippen LogP contribution in [0.5, 0.6) is 0 Å². The fraction of sp³-hybridized carbons (Fsp3) is 0.500. The number of pyridine rings is 1. The van der Waals surface area contributed by atoms with Crippen molar-refractivity contribution in [2.24, 2.45) is 11.1 Å². The number of nitrogens with zero attached hydrogens (tertiary/aromatic N) is 1. The number of Topliss-reactive ketones (excluding diaryl/α,β-unsaturated/α-hetero) is 1. The number of halogens is 1. The van der Waals surface area contributed by atoms with E-state index in [9.17, 15) is 9.18 Å². The van der Waals surface area contributed by atoms with Gasteiger partial charge in [-0.2, -0.15) is 0 Å². The summed E-state index contributed by atoms with van der Waals surface area (Å²) in [7, 11) is 0. The molecule has 1 aliphatic heterocycles. The van der Waals surface area contributed by atoms with Crippen LogP contribution in [-0.2, 0) is 4.74 Å². The Hall–Kier alpha value is -1.33. The Bertz CT molecular complexity index is 417. The van der Waals surface area contributed by atoms with Crippen LogP contribution in [0.2, 0.25) is 0 Å². The minimum absolute atomic E-state index is 0.0763. The highest BCUT2D eigenvalue weighted by Gasteiger charge is 2.40. The summed E-state index contributed by atoms with van der Waals surface area (Å²) >= 11 is 0. The first-order valence-electron chi connectivity index (χ1n) is 5.62. The standard InChI is InChI=1S/C12H15FN2O2/c13-10-7-15-4-1-9(10)11(16)12(8-14)2-5-17-6-3-12/h1,4,7H,2-3,5-6,8,14H2. The van der Waals surface area contributed by atoms with Crippen LogP contribution in [0, 0.1) is 11.2 Å². The zero-order valence-electron chi connectivity index (χ0n) is 9.49. The van der Waals surface area contributed by atoms with Crippen molar-refractivity contribution in [1.82, 2.24) is 4.98 Å². The van der Waals surface area contributed by atoms with Crippen molar-refractivity contribution in [3.8, 4) is 0 Å². The van der Waals surface area contributed by atoms with E-state index in [1.807, 2.05) is 0 Å². The molecule has 2 N–H and O–H groups in total. The summed E-state index contributed by atoms with van der Waals surface area (Å²) in [5, 5.41) is 0. The van der Waals surface area contributed by atoms with Crippen molar-refractivity contribution < 1.29 is 13.9 Å². The van der Waals surface area contributed by atoms with Crippen LogP contribution in [0.3, 0.4) is 0 Å². The summed E-state index contributed by atoms with van der Waals surface area (Å²) in [4.78, 5) is 16.0. The van der Waals surface area contributed by atoms with E-state index in [1.54, 1.807) is 0 Å². The molecule has 17 heavy (non-hydrogen) atoms. The van der Waals surface area contributed by atoms with Crippen LogP contribution < -0.4 is 5.73 Å². The van der Waals surface area contributed by atoms with Gasteiger partial charge in [0, 0.05) is 26.0 Å². The normalized spacial score (nSPS) is 18.9. The van der Waals surface area contributed by atoms with Crippen molar-refractivity contribution in [3.63, 3.8) is 0 Å². The number of carbonyl (C=O) groups is 1. The summed E-state index contributed by atoms with van der Waals surface area (Å²) in [6.07, 6.45) is 3.56. The van der Waals surface area contributed by atoms with Crippen LogP contribution in [0.25, 0.3) is 0 Å². The molecular formula is C12H15FN2O2. The minimum Gasteiger partial charge on any atom is -0.381 e. The number of rotatable bonds is 3. The van der Waals surface area contributed by atoms with Gasteiger partial charge in [-0.25, -0.2) is 4.39 Å². The van der Waals surface area contributed by atoms with Crippen LogP contribution in [0.1, 0.15) is 23.2 Å². The van der Waals surface area contributed by atoms with Crippen molar-refractivity contribution in [2.45, 2.75) is 12.8 Å². The Labute approximate surface area is 99.0 Å². The van der Waals surface area contributed by atoms with E-state index in [2.05, 4.69) is 4.98 Å². The number of ketones is 1. The first-order chi connectivity index (χ1) is 8.19. The number of hydrogen-bond donors (Lipinski definition) is 1. The third kappa shape index (κ3) is 2.21. The lowest BCUT2D eigenvalue weighted by atomic mass is 9.74. The summed E-state index contributed by atoms with van der Waals surface area (Å²) in [6, 6.07) is 1.41. The quantitative estimate of drug-likeness (QED) is 0.802. The molecule has 0 amide bonds. The van der Waals surface area contributed by atoms with Crippen LogP contribution in [0.4, 0.5) is 4.39 Å². The molecule has 0 saturated carbocycles. The number of carbonyl (C=O) groups excluding carboxylic acids is 1. The molecule has 4 nitrogen and oxygen atoms in total. The maximum absolute atomic E-state index is 13.5. The highest BCUT2D eigenvalue weighted by molar-refractivity contribution is 6.00. The first kappa shape index (κ1) is 12.1. The molecule has 1 saturated heterocycles. The SMILES string of the molecule is NCC1(C(=O)c2ccncc2F)CCOCC1. The third-order valence-corrected chi connectivity index (χ3v) is 3.34. The second-order valence-electron chi connectivity index (χ2n) is 4.28. The number of aromatic nitrogens is 1. The van der Waals surface area contributed by atoms with Gasteiger partial charge in [0.05, 0.1) is 17.2 Å². The highest BCUT2D eigenvalue weighted by atomic mass is 19.1. The molecule has 0 spiro atoms. The largest absolute Gasteiger partial charge is 0.381 e. The fourth-order valence-corrected chi connectivity index (χ4v) is 2.13. The van der Waals surface area contributed by atoms with E-state index in [-0.39, 0.29) is 17.9 Å². The molecule has 0 atom stereocenters. The summed E-state index contributed by atoms with van der Waals surface area (Å²) in [5.74, 6) is -0.819. The topological polar surface area (TPSA) is 65.2 Å². The predicted octanol–water partition coefficient (Wildman–Crippen LogP) is 1.16. The Kier molecular flexibility index (Phi) is 3.49. The first-order valence-corrected chi connectivity index (χ1v) is 5.62. The predicted molar refractivity (Wildman–Crippen MR) is 60.1 cm³/mol. The zero-order valence-corrected chi connectivity index (χ0v) is 9.49. The van der Waals surface area contributed by atoms with Crippen molar-refractivity contribution in [3.05, 3.63) is 29.8 Å². The lowest BCUT2D eigenvalue weighted by Crippen LogP contribution is -2.43. The Morgan fingerprint density at radius 1 is 1.53 bits per heavy atom. The van der Waals surface area contributed by atoms with E-state index < -0.39 is 11.2 Å². The van der Waals surface area contributed by atoms with Gasteiger partial charge in [-0.05, 0) is 18.9 Å². The van der Waals surface area contributed by atoms with Gasteiger partial charge in [-0.1, -0.05) is 0 Å². The van der Waals surface area contributed by atoms with Crippen molar-refractivity contribution in [2.75, 3.05) is 19.8 Å². The third-order valence-electron chi connectivity index (χ3n) is 3.34. The minimum atomic E-state index is -0.680. The molecule has 1 aromatic heterocycles. The van der Waals surface area contributed by atoms with Gasteiger partial charge < -0.3 is 10.5 Å². The van der Waals surface area contributed by atoms with E-state index in [4.69, 9.17) is 10.5 Å². The Morgan fingerprint density at radius 2 is 2.24 bits per heavy atom. The van der Waals surface area contributed by atoms with Crippen molar-refractivity contribution >= 4 is 5.78 Å². The molecule has 92 valence electrons. The monoisotopic (exact) mass is 238 g/mol. The average molecular weight is 238 g/mol. The van der Waals surface area contributed by atoms with Crippen LogP contribution in [0.15, 0.2) is 18.5 Å². The Balaban J connectivity index is 2.32. The average Bonchev–Trinajstić information content (AvgIpc) is 2.39. The second-order valence-corrected chi connectivity index (χ2v) is 4.28. The molecule has 1 fully saturated rings. The molecule has 2 rings (SSSR count). The maximum Gasteiger partial charge on any atom is 0.173 e. The van der Waals surface area contributed by atoms with Gasteiger partial charge in [0.15, 0.2) is 11.6 Å². The number of hydrogen-bond acceptors (Lipinski definition) is 4. The molecule has 5 heteroatoms. The molecule has 0 radical (unpaired) electrons. The number of nitrogens with two attached hydrogens (primary N) is 1. The molecule has 0 aliphatic carbocycles. The molecular weight excluding hydrogens is 223 g/mol. The zero-order chi connectivity index (χ0) is 12.3. The van der Waals surface area contributed by atoms with Crippen molar-refractivity contribution in [1.29, 1.82) is 0 Å². The lowest BCUT2D eigenvalue weighted by Gasteiger charge is -2.34. The summed E-state index contributed by atoms with van der Waals surface area (Å²) < 4.78 is 18.8. The van der Waals surface area contributed by atoms with E-state index in [0.717, 1.165) is 6.20 Å². The Morgan fingerprint density at radius 3 is 2.82 bits per heavy atom. The molecule has 0 bridgehead atoms. The number of ether oxygens (including phenoxy) is 1. The van der Waals surface area contributed by atoms with Gasteiger partial charge >= 0.3 is 0 Å². The van der Waals surface area contributed by atoms with Gasteiger partial charge in [0.1, 0.15) is 0 Å². The maximum atomic E-state index is 13.5. The lowest BCUT2D eigenvalue weighted by molar-refractivity contribution is 0.0198. The molecule has 0 aromatic carbocycles. The van der Waals surface area contributed by atoms with Gasteiger partial charge in [-0.15, -0.1) is 0 Å². The van der Waals surface area contributed by atoms with Crippen LogP contribution in [-0.4, -0.2) is 30.5 Å². The van der Waals surface area contributed by atoms with Gasteiger partial charge in [0.25, 0.3) is 0 Å². The van der Waals surface area contributed by atoms with E-state index >= 15 is 0 Å². The molecule has 1 aromatic rings. The summed E-state index contributed by atoms with van der Waals surface area (Å²) in [5.41, 5.74) is 5.11. The highest BCUT2D eigenvalue weighted by Crippen LogP contribution is 2.33. The van der Waals surface area contributed by atoms with Crippen LogP contribution >= 0.6 is 0 Å². The van der Waals surface area contributed by atoms with E-state index in [1.165, 1.54) is 12.3 Å². The van der Waals surface area contributed by atoms with Gasteiger partial charge in [-0.3, -0.25) is 9.78 Å². The molecule has 2 heterocycles. The smallest absolute Gasteiger partial charge is 0.173 e. The molecule has 0 unspecified atom stereocenters. The molecule has 1 aliphatic rings. The van der Waals surface area contributed by atoms with Gasteiger partial charge in [0.2, 0.25) is 0 Å².